The third-order valence-corrected chi connectivity index (χ3v) is 5.39. The lowest BCUT2D eigenvalue weighted by atomic mass is 9.86. The molecule has 3 amide bonds. The average molecular weight is 368 g/mol. The second kappa shape index (κ2) is 8.33. The van der Waals surface area contributed by atoms with E-state index >= 15 is 0 Å². The van der Waals surface area contributed by atoms with Crippen LogP contribution in [0.2, 0.25) is 0 Å². The van der Waals surface area contributed by atoms with Gasteiger partial charge in [-0.1, -0.05) is 25.8 Å². The topological polar surface area (TPSA) is 102 Å². The fourth-order valence-electron chi connectivity index (χ4n) is 2.84. The van der Waals surface area contributed by atoms with Crippen LogP contribution in [0, 0.1) is 5.92 Å². The number of imide groups is 1. The first-order valence-corrected chi connectivity index (χ1v) is 10.2. The highest BCUT2D eigenvalue weighted by atomic mass is 32.2. The van der Waals surface area contributed by atoms with Crippen LogP contribution in [0.3, 0.4) is 0 Å². The number of benzene rings is 1. The summed E-state index contributed by atoms with van der Waals surface area (Å²) in [5.41, 5.74) is 0. The number of urea groups is 1. The van der Waals surface area contributed by atoms with E-state index in [0.29, 0.717) is 5.92 Å². The molecule has 0 spiro atoms. The van der Waals surface area contributed by atoms with Gasteiger partial charge < -0.3 is 10.1 Å². The highest BCUT2D eigenvalue weighted by Crippen LogP contribution is 2.23. The third-order valence-electron chi connectivity index (χ3n) is 4.28. The summed E-state index contributed by atoms with van der Waals surface area (Å²) in [7, 11) is -3.35. The third kappa shape index (κ3) is 6.04. The summed E-state index contributed by atoms with van der Waals surface area (Å²) < 4.78 is 28.3. The molecule has 138 valence electrons. The zero-order chi connectivity index (χ0) is 18.4. The zero-order valence-corrected chi connectivity index (χ0v) is 15.3. The molecule has 2 rings (SSSR count). The van der Waals surface area contributed by atoms with Gasteiger partial charge in [0.05, 0.1) is 4.90 Å². The number of nitrogens with one attached hydrogen (secondary N) is 2. The van der Waals surface area contributed by atoms with E-state index in [1.165, 1.54) is 24.6 Å². The lowest BCUT2D eigenvalue weighted by Crippen LogP contribution is -2.48. The van der Waals surface area contributed by atoms with E-state index in [4.69, 9.17) is 4.74 Å². The Balaban J connectivity index is 1.81. The van der Waals surface area contributed by atoms with Gasteiger partial charge in [-0.15, -0.1) is 0 Å². The summed E-state index contributed by atoms with van der Waals surface area (Å²) in [6, 6.07) is 5.41. The van der Waals surface area contributed by atoms with Crippen molar-refractivity contribution in [3.63, 3.8) is 0 Å². The molecule has 0 bridgehead atoms. The maximum absolute atomic E-state index is 11.9. The number of sulfone groups is 1. The molecule has 0 radical (unpaired) electrons. The molecule has 7 nitrogen and oxygen atoms in total. The van der Waals surface area contributed by atoms with Crippen LogP contribution >= 0.6 is 0 Å². The van der Waals surface area contributed by atoms with Crippen molar-refractivity contribution in [3.05, 3.63) is 24.3 Å². The molecule has 1 aliphatic rings. The Morgan fingerprint density at radius 1 is 1.24 bits per heavy atom. The van der Waals surface area contributed by atoms with Crippen molar-refractivity contribution in [2.45, 2.75) is 43.5 Å². The van der Waals surface area contributed by atoms with E-state index < -0.39 is 21.8 Å². The number of carbonyl (C=O) groups is 2. The molecule has 1 fully saturated rings. The lowest BCUT2D eigenvalue weighted by Gasteiger charge is -2.29. The van der Waals surface area contributed by atoms with Crippen molar-refractivity contribution in [2.24, 2.45) is 5.92 Å². The molecule has 0 aliphatic heterocycles. The Bertz CT molecular complexity index is 732. The second-order valence-electron chi connectivity index (χ2n) is 6.43. The van der Waals surface area contributed by atoms with Gasteiger partial charge in [-0.2, -0.15) is 0 Å². The van der Waals surface area contributed by atoms with Gasteiger partial charge in [0.2, 0.25) is 0 Å². The molecular weight excluding hydrogens is 344 g/mol. The highest BCUT2D eigenvalue weighted by molar-refractivity contribution is 7.90. The number of amides is 3. The van der Waals surface area contributed by atoms with Crippen molar-refractivity contribution in [1.82, 2.24) is 10.6 Å². The van der Waals surface area contributed by atoms with Gasteiger partial charge in [-0.05, 0) is 37.0 Å². The van der Waals surface area contributed by atoms with Gasteiger partial charge in [-0.3, -0.25) is 10.1 Å². The molecule has 2 N–H and O–H groups in total. The Morgan fingerprint density at radius 3 is 2.64 bits per heavy atom. The van der Waals surface area contributed by atoms with E-state index in [9.17, 15) is 18.0 Å². The van der Waals surface area contributed by atoms with Crippen molar-refractivity contribution < 1.29 is 22.7 Å². The Morgan fingerprint density at radius 2 is 1.96 bits per heavy atom. The lowest BCUT2D eigenvalue weighted by molar-refractivity contribution is -0.122. The first-order valence-electron chi connectivity index (χ1n) is 8.29. The number of hydrogen-bond donors (Lipinski definition) is 2. The van der Waals surface area contributed by atoms with Crippen LogP contribution in [0.4, 0.5) is 4.79 Å². The molecule has 8 heteroatoms. The molecule has 2 atom stereocenters. The Kier molecular flexibility index (Phi) is 6.41. The number of ether oxygens (including phenoxy) is 1. The summed E-state index contributed by atoms with van der Waals surface area (Å²) >= 11 is 0. The predicted octanol–water partition coefficient (Wildman–Crippen LogP) is 1.87. The van der Waals surface area contributed by atoms with Gasteiger partial charge in [0.1, 0.15) is 5.75 Å². The van der Waals surface area contributed by atoms with Crippen LogP contribution < -0.4 is 15.4 Å². The SMILES string of the molecule is CC1CCCCC1NC(=O)NC(=O)COc1cccc(S(C)(=O)=O)c1. The minimum Gasteiger partial charge on any atom is -0.484 e. The van der Waals surface area contributed by atoms with Gasteiger partial charge in [-0.25, -0.2) is 13.2 Å². The molecule has 1 aromatic rings. The second-order valence-corrected chi connectivity index (χ2v) is 8.44. The fraction of sp³-hybridized carbons (Fsp3) is 0.529. The first-order chi connectivity index (χ1) is 11.8. The van der Waals surface area contributed by atoms with Crippen LogP contribution in [0.25, 0.3) is 0 Å². The van der Waals surface area contributed by atoms with Crippen molar-refractivity contribution in [1.29, 1.82) is 0 Å². The van der Waals surface area contributed by atoms with Crippen LogP contribution in [-0.4, -0.2) is 39.3 Å². The Labute approximate surface area is 148 Å². The van der Waals surface area contributed by atoms with Crippen LogP contribution in [0.1, 0.15) is 32.6 Å². The molecule has 25 heavy (non-hydrogen) atoms. The van der Waals surface area contributed by atoms with Crippen molar-refractivity contribution in [2.75, 3.05) is 12.9 Å². The molecule has 2 unspecified atom stereocenters. The normalized spacial score (nSPS) is 20.6. The zero-order valence-electron chi connectivity index (χ0n) is 14.4. The van der Waals surface area contributed by atoms with Crippen LogP contribution in [0.5, 0.6) is 5.75 Å². The minimum absolute atomic E-state index is 0.0777. The molecule has 1 aromatic carbocycles. The maximum Gasteiger partial charge on any atom is 0.321 e. The minimum atomic E-state index is -3.35. The molecule has 0 saturated heterocycles. The first kappa shape index (κ1) is 19.2. The summed E-state index contributed by atoms with van der Waals surface area (Å²) in [5.74, 6) is 0.0506. The monoisotopic (exact) mass is 368 g/mol. The quantitative estimate of drug-likeness (QED) is 0.826. The summed E-state index contributed by atoms with van der Waals surface area (Å²) in [6.07, 6.45) is 5.31. The van der Waals surface area contributed by atoms with Crippen molar-refractivity contribution >= 4 is 21.8 Å². The van der Waals surface area contributed by atoms with Crippen LogP contribution in [-0.2, 0) is 14.6 Å². The van der Waals surface area contributed by atoms with Gasteiger partial charge in [0.25, 0.3) is 5.91 Å². The van der Waals surface area contributed by atoms with E-state index in [-0.39, 0.29) is 23.3 Å². The molecular formula is C17H24N2O5S. The summed E-state index contributed by atoms with van der Waals surface area (Å²) in [5, 5.41) is 5.05. The van der Waals surface area contributed by atoms with Crippen LogP contribution in [0.15, 0.2) is 29.2 Å². The largest absolute Gasteiger partial charge is 0.484 e. The van der Waals surface area contributed by atoms with E-state index in [1.54, 1.807) is 6.07 Å². The average Bonchev–Trinajstić information content (AvgIpc) is 2.54. The van der Waals surface area contributed by atoms with E-state index in [2.05, 4.69) is 17.6 Å². The standard InChI is InChI=1S/C17H24N2O5S/c1-12-6-3-4-9-15(12)18-17(21)19-16(20)11-24-13-7-5-8-14(10-13)25(2,22)23/h5,7-8,10,12,15H,3-4,6,9,11H2,1-2H3,(H2,18,19,20,21). The summed E-state index contributed by atoms with van der Waals surface area (Å²) in [4.78, 5) is 23.8. The summed E-state index contributed by atoms with van der Waals surface area (Å²) in [6.45, 7) is 1.71. The predicted molar refractivity (Wildman–Crippen MR) is 93.1 cm³/mol. The van der Waals surface area contributed by atoms with E-state index in [0.717, 1.165) is 25.5 Å². The molecule has 0 aromatic heterocycles. The van der Waals surface area contributed by atoms with Gasteiger partial charge >= 0.3 is 6.03 Å². The Hall–Kier alpha value is -2.09. The number of hydrogen-bond acceptors (Lipinski definition) is 5. The number of rotatable bonds is 5. The molecule has 1 saturated carbocycles. The van der Waals surface area contributed by atoms with E-state index in [1.807, 2.05) is 0 Å². The maximum atomic E-state index is 11.9. The molecule has 1 aliphatic carbocycles. The smallest absolute Gasteiger partial charge is 0.321 e. The fourth-order valence-corrected chi connectivity index (χ4v) is 3.50. The van der Waals surface area contributed by atoms with Gasteiger partial charge in [0, 0.05) is 12.3 Å². The molecule has 0 heterocycles. The van der Waals surface area contributed by atoms with Gasteiger partial charge in [0.15, 0.2) is 16.4 Å². The number of carbonyl (C=O) groups excluding carboxylic acids is 2. The highest BCUT2D eigenvalue weighted by Gasteiger charge is 2.23. The van der Waals surface area contributed by atoms with Crippen molar-refractivity contribution in [3.8, 4) is 5.75 Å².